The van der Waals surface area contributed by atoms with Crippen molar-refractivity contribution in [2.24, 2.45) is 0 Å². The molecule has 0 aromatic carbocycles. The molecule has 88 valence electrons. The van der Waals surface area contributed by atoms with Crippen LogP contribution in [0.1, 0.15) is 41.0 Å². The number of aryl methyl sites for hydroxylation is 1. The number of ether oxygens (including phenoxy) is 1. The van der Waals surface area contributed by atoms with Crippen molar-refractivity contribution in [2.45, 2.75) is 45.8 Å². The van der Waals surface area contributed by atoms with Crippen LogP contribution in [-0.4, -0.2) is 28.8 Å². The van der Waals surface area contributed by atoms with Crippen LogP contribution in [0, 0.1) is 13.8 Å². The average molecular weight is 222 g/mol. The second-order valence-electron chi connectivity index (χ2n) is 4.37. The van der Waals surface area contributed by atoms with Gasteiger partial charge in [-0.15, -0.1) is 0 Å². The smallest absolute Gasteiger partial charge is 0.153 e. The van der Waals surface area contributed by atoms with Crippen molar-refractivity contribution in [3.05, 3.63) is 17.0 Å². The molecule has 0 bridgehead atoms. The molecule has 1 saturated heterocycles. The van der Waals surface area contributed by atoms with E-state index < -0.39 is 0 Å². The molecule has 1 aliphatic rings. The lowest BCUT2D eigenvalue weighted by Crippen LogP contribution is -2.25. The Hall–Kier alpha value is -1.16. The summed E-state index contributed by atoms with van der Waals surface area (Å²) in [5.74, 6) is 0. The highest BCUT2D eigenvalue weighted by Gasteiger charge is 2.17. The Morgan fingerprint density at radius 2 is 2.31 bits per heavy atom. The summed E-state index contributed by atoms with van der Waals surface area (Å²) in [6.07, 6.45) is 4.62. The second kappa shape index (κ2) is 4.78. The summed E-state index contributed by atoms with van der Waals surface area (Å²) in [6.45, 7) is 5.42. The Morgan fingerprint density at radius 1 is 1.50 bits per heavy atom. The zero-order valence-corrected chi connectivity index (χ0v) is 9.90. The van der Waals surface area contributed by atoms with Gasteiger partial charge >= 0.3 is 0 Å². The maximum Gasteiger partial charge on any atom is 0.153 e. The minimum absolute atomic E-state index is 0.256. The summed E-state index contributed by atoms with van der Waals surface area (Å²) in [5.41, 5.74) is 2.47. The first kappa shape index (κ1) is 11.3. The predicted molar refractivity (Wildman–Crippen MR) is 60.7 cm³/mol. The lowest BCUT2D eigenvalue weighted by Gasteiger charge is -2.22. The van der Waals surface area contributed by atoms with E-state index in [1.807, 2.05) is 18.5 Å². The Balaban J connectivity index is 2.11. The maximum atomic E-state index is 10.9. The molecule has 1 unspecified atom stereocenters. The topological polar surface area (TPSA) is 44.1 Å². The molecule has 4 heteroatoms. The van der Waals surface area contributed by atoms with Gasteiger partial charge in [-0.3, -0.25) is 9.48 Å². The molecule has 4 nitrogen and oxygen atoms in total. The molecule has 2 rings (SSSR count). The molecule has 2 heterocycles. The minimum atomic E-state index is 0.256. The third-order valence-corrected chi connectivity index (χ3v) is 3.21. The summed E-state index contributed by atoms with van der Waals surface area (Å²) in [5, 5.41) is 4.38. The van der Waals surface area contributed by atoms with E-state index in [-0.39, 0.29) is 6.10 Å². The number of hydrogen-bond donors (Lipinski definition) is 0. The van der Waals surface area contributed by atoms with Gasteiger partial charge in [-0.2, -0.15) is 5.10 Å². The predicted octanol–water partition coefficient (Wildman–Crippen LogP) is 1.88. The van der Waals surface area contributed by atoms with E-state index in [4.69, 9.17) is 4.74 Å². The van der Waals surface area contributed by atoms with Crippen LogP contribution in [-0.2, 0) is 11.3 Å². The first-order valence-electron chi connectivity index (χ1n) is 5.83. The third kappa shape index (κ3) is 2.16. The van der Waals surface area contributed by atoms with Gasteiger partial charge < -0.3 is 4.74 Å². The molecular weight excluding hydrogens is 204 g/mol. The summed E-state index contributed by atoms with van der Waals surface area (Å²) in [6, 6.07) is 0. The van der Waals surface area contributed by atoms with Gasteiger partial charge in [0.1, 0.15) is 0 Å². The van der Waals surface area contributed by atoms with Gasteiger partial charge in [0.25, 0.3) is 0 Å². The fraction of sp³-hybridized carbons (Fsp3) is 0.667. The summed E-state index contributed by atoms with van der Waals surface area (Å²) in [4.78, 5) is 10.9. The van der Waals surface area contributed by atoms with Crippen LogP contribution >= 0.6 is 0 Å². The van der Waals surface area contributed by atoms with Gasteiger partial charge in [-0.1, -0.05) is 0 Å². The van der Waals surface area contributed by atoms with Crippen LogP contribution in [0.5, 0.6) is 0 Å². The maximum absolute atomic E-state index is 10.9. The van der Waals surface area contributed by atoms with E-state index in [2.05, 4.69) is 5.10 Å². The zero-order chi connectivity index (χ0) is 11.5. The highest BCUT2D eigenvalue weighted by atomic mass is 16.5. The van der Waals surface area contributed by atoms with Crippen molar-refractivity contribution in [3.8, 4) is 0 Å². The minimum Gasteiger partial charge on any atom is -0.376 e. The Kier molecular flexibility index (Phi) is 3.39. The summed E-state index contributed by atoms with van der Waals surface area (Å²) >= 11 is 0. The number of carbonyl (C=O) groups excluding carboxylic acids is 1. The Morgan fingerprint density at radius 3 is 2.88 bits per heavy atom. The van der Waals surface area contributed by atoms with Crippen LogP contribution < -0.4 is 0 Å². The molecule has 16 heavy (non-hydrogen) atoms. The molecule has 1 aromatic heterocycles. The number of nitrogens with zero attached hydrogens (tertiary/aromatic N) is 2. The zero-order valence-electron chi connectivity index (χ0n) is 9.90. The van der Waals surface area contributed by atoms with Crippen LogP contribution in [0.3, 0.4) is 0 Å². The molecule has 0 spiro atoms. The standard InChI is InChI=1S/C12H18N2O2/c1-9-12(8-15)10(2)14(13-9)7-11-5-3-4-6-16-11/h8,11H,3-7H2,1-2H3. The Labute approximate surface area is 95.6 Å². The van der Waals surface area contributed by atoms with E-state index in [9.17, 15) is 4.79 Å². The molecule has 0 amide bonds. The molecule has 0 N–H and O–H groups in total. The van der Waals surface area contributed by atoms with Crippen LogP contribution in [0.4, 0.5) is 0 Å². The second-order valence-corrected chi connectivity index (χ2v) is 4.37. The number of aromatic nitrogens is 2. The highest BCUT2D eigenvalue weighted by molar-refractivity contribution is 5.77. The lowest BCUT2D eigenvalue weighted by molar-refractivity contribution is 0.00360. The van der Waals surface area contributed by atoms with E-state index >= 15 is 0 Å². The molecule has 1 atom stereocenters. The monoisotopic (exact) mass is 222 g/mol. The van der Waals surface area contributed by atoms with E-state index in [0.717, 1.165) is 49.2 Å². The number of hydrogen-bond acceptors (Lipinski definition) is 3. The first-order valence-corrected chi connectivity index (χ1v) is 5.83. The van der Waals surface area contributed by atoms with Crippen LogP contribution in [0.15, 0.2) is 0 Å². The van der Waals surface area contributed by atoms with Gasteiger partial charge in [0.15, 0.2) is 6.29 Å². The van der Waals surface area contributed by atoms with Gasteiger partial charge in [0, 0.05) is 12.3 Å². The average Bonchev–Trinajstić information content (AvgIpc) is 2.55. The van der Waals surface area contributed by atoms with E-state index in [1.165, 1.54) is 6.42 Å². The highest BCUT2D eigenvalue weighted by Crippen LogP contribution is 2.17. The SMILES string of the molecule is Cc1nn(CC2CCCCO2)c(C)c1C=O. The van der Waals surface area contributed by atoms with Crippen LogP contribution in [0.2, 0.25) is 0 Å². The van der Waals surface area contributed by atoms with Gasteiger partial charge in [0.2, 0.25) is 0 Å². The van der Waals surface area contributed by atoms with Crippen molar-refractivity contribution >= 4 is 6.29 Å². The fourth-order valence-corrected chi connectivity index (χ4v) is 2.20. The number of aldehydes is 1. The van der Waals surface area contributed by atoms with Gasteiger partial charge in [-0.05, 0) is 33.1 Å². The van der Waals surface area contributed by atoms with Gasteiger partial charge in [0.05, 0.1) is 23.9 Å². The van der Waals surface area contributed by atoms with Crippen molar-refractivity contribution in [1.82, 2.24) is 9.78 Å². The van der Waals surface area contributed by atoms with E-state index in [1.54, 1.807) is 0 Å². The quantitative estimate of drug-likeness (QED) is 0.733. The largest absolute Gasteiger partial charge is 0.376 e. The normalized spacial score (nSPS) is 21.0. The third-order valence-electron chi connectivity index (χ3n) is 3.21. The fourth-order valence-electron chi connectivity index (χ4n) is 2.20. The Bertz CT molecular complexity index is 379. The van der Waals surface area contributed by atoms with Crippen molar-refractivity contribution in [2.75, 3.05) is 6.61 Å². The molecule has 0 saturated carbocycles. The molecule has 1 fully saturated rings. The van der Waals surface area contributed by atoms with Crippen molar-refractivity contribution in [1.29, 1.82) is 0 Å². The van der Waals surface area contributed by atoms with Crippen molar-refractivity contribution < 1.29 is 9.53 Å². The van der Waals surface area contributed by atoms with Gasteiger partial charge in [-0.25, -0.2) is 0 Å². The molecule has 0 aliphatic carbocycles. The first-order chi connectivity index (χ1) is 7.72. The molecule has 1 aromatic rings. The summed E-state index contributed by atoms with van der Waals surface area (Å²) in [7, 11) is 0. The number of rotatable bonds is 3. The van der Waals surface area contributed by atoms with Crippen molar-refractivity contribution in [3.63, 3.8) is 0 Å². The molecule has 1 aliphatic heterocycles. The lowest BCUT2D eigenvalue weighted by atomic mass is 10.1. The van der Waals surface area contributed by atoms with E-state index in [0.29, 0.717) is 0 Å². The van der Waals surface area contributed by atoms with Crippen LogP contribution in [0.25, 0.3) is 0 Å². The molecular formula is C12H18N2O2. The summed E-state index contributed by atoms with van der Waals surface area (Å²) < 4.78 is 7.57. The number of carbonyl (C=O) groups is 1. The molecule has 0 radical (unpaired) electrons.